The smallest absolute Gasteiger partial charge is 0.264 e. The van der Waals surface area contributed by atoms with Gasteiger partial charge in [-0.25, -0.2) is 0 Å². The van der Waals surface area contributed by atoms with Crippen molar-refractivity contribution in [3.63, 3.8) is 0 Å². The normalized spacial score (nSPS) is 20.4. The first-order valence-electron chi connectivity index (χ1n) is 3.97. The molecule has 0 aromatic rings. The first-order valence-corrected chi connectivity index (χ1v) is 4.95. The summed E-state index contributed by atoms with van der Waals surface area (Å²) in [5.74, 6) is 0.972. The highest BCUT2D eigenvalue weighted by Crippen LogP contribution is 2.27. The summed E-state index contributed by atoms with van der Waals surface area (Å²) in [6.07, 6.45) is 2.14. The second-order valence-corrected chi connectivity index (χ2v) is 3.70. The number of nitro groups is 1. The Balaban J connectivity index is 2.57. The third kappa shape index (κ3) is 2.41. The molecule has 0 atom stereocenters. The highest BCUT2D eigenvalue weighted by atomic mass is 32.2. The Morgan fingerprint density at radius 2 is 2.58 bits per heavy atom. The number of hydrogen-bond donors (Lipinski definition) is 0. The number of thioether (sulfide) groups is 1. The van der Waals surface area contributed by atoms with Crippen LogP contribution in [0.5, 0.6) is 0 Å². The highest BCUT2D eigenvalue weighted by Gasteiger charge is 2.19. The van der Waals surface area contributed by atoms with Gasteiger partial charge in [0.05, 0.1) is 4.92 Å². The minimum atomic E-state index is -0.379. The van der Waals surface area contributed by atoms with Gasteiger partial charge in [-0.3, -0.25) is 10.1 Å². The molecule has 1 heterocycles. The van der Waals surface area contributed by atoms with Crippen molar-refractivity contribution in [1.29, 1.82) is 0 Å². The standard InChI is InChI=1S/C7H12N2O2S/c1-2-3-8-4-5-12-7(8)6-9(10)11/h6H,2-5H2,1H3. The molecule has 0 N–H and O–H groups in total. The summed E-state index contributed by atoms with van der Waals surface area (Å²) in [5, 5.41) is 11.0. The van der Waals surface area contributed by atoms with E-state index in [1.54, 1.807) is 11.8 Å². The van der Waals surface area contributed by atoms with Crippen LogP contribution in [0.25, 0.3) is 0 Å². The van der Waals surface area contributed by atoms with E-state index in [-0.39, 0.29) is 4.92 Å². The molecule has 5 heteroatoms. The van der Waals surface area contributed by atoms with Gasteiger partial charge in [0.1, 0.15) is 5.03 Å². The predicted molar refractivity (Wildman–Crippen MR) is 49.4 cm³/mol. The molecule has 0 amide bonds. The fraction of sp³-hybridized carbons (Fsp3) is 0.714. The van der Waals surface area contributed by atoms with Crippen LogP contribution >= 0.6 is 11.8 Å². The van der Waals surface area contributed by atoms with E-state index in [1.807, 2.05) is 0 Å². The largest absolute Gasteiger partial charge is 0.360 e. The summed E-state index contributed by atoms with van der Waals surface area (Å²) in [4.78, 5) is 11.9. The van der Waals surface area contributed by atoms with Crippen LogP contribution < -0.4 is 0 Å². The average Bonchev–Trinajstić information content (AvgIpc) is 2.37. The lowest BCUT2D eigenvalue weighted by Crippen LogP contribution is -2.19. The van der Waals surface area contributed by atoms with Gasteiger partial charge in [0.2, 0.25) is 0 Å². The van der Waals surface area contributed by atoms with Crippen LogP contribution in [0.15, 0.2) is 11.2 Å². The van der Waals surface area contributed by atoms with Crippen molar-refractivity contribution in [2.24, 2.45) is 0 Å². The van der Waals surface area contributed by atoms with Crippen molar-refractivity contribution in [3.05, 3.63) is 21.3 Å². The lowest BCUT2D eigenvalue weighted by Gasteiger charge is -2.15. The summed E-state index contributed by atoms with van der Waals surface area (Å²) in [6.45, 7) is 3.94. The van der Waals surface area contributed by atoms with E-state index in [4.69, 9.17) is 0 Å². The quantitative estimate of drug-likeness (QED) is 0.497. The van der Waals surface area contributed by atoms with E-state index in [9.17, 15) is 10.1 Å². The topological polar surface area (TPSA) is 46.4 Å². The Morgan fingerprint density at radius 3 is 3.17 bits per heavy atom. The molecule has 4 nitrogen and oxygen atoms in total. The molecule has 12 heavy (non-hydrogen) atoms. The van der Waals surface area contributed by atoms with Gasteiger partial charge in [0, 0.05) is 18.8 Å². The summed E-state index contributed by atoms with van der Waals surface area (Å²) in [5.41, 5.74) is 0. The van der Waals surface area contributed by atoms with Gasteiger partial charge in [0.25, 0.3) is 6.20 Å². The zero-order chi connectivity index (χ0) is 8.97. The highest BCUT2D eigenvalue weighted by molar-refractivity contribution is 8.03. The molecule has 1 rings (SSSR count). The molecule has 0 unspecified atom stereocenters. The fourth-order valence-electron chi connectivity index (χ4n) is 1.16. The van der Waals surface area contributed by atoms with Gasteiger partial charge < -0.3 is 4.90 Å². The van der Waals surface area contributed by atoms with Crippen molar-refractivity contribution >= 4 is 11.8 Å². The maximum atomic E-state index is 10.2. The molecule has 0 bridgehead atoms. The van der Waals surface area contributed by atoms with Gasteiger partial charge >= 0.3 is 0 Å². The maximum absolute atomic E-state index is 10.2. The van der Waals surface area contributed by atoms with E-state index in [0.717, 1.165) is 36.5 Å². The van der Waals surface area contributed by atoms with Crippen LogP contribution in [0.2, 0.25) is 0 Å². The van der Waals surface area contributed by atoms with E-state index >= 15 is 0 Å². The molecule has 1 aliphatic rings. The van der Waals surface area contributed by atoms with E-state index in [2.05, 4.69) is 11.8 Å². The Labute approximate surface area is 75.8 Å². The molecule has 0 aromatic heterocycles. The van der Waals surface area contributed by atoms with Gasteiger partial charge in [-0.2, -0.15) is 0 Å². The molecule has 0 spiro atoms. The monoisotopic (exact) mass is 188 g/mol. The molecule has 1 aliphatic heterocycles. The maximum Gasteiger partial charge on any atom is 0.264 e. The average molecular weight is 188 g/mol. The lowest BCUT2D eigenvalue weighted by atomic mass is 10.4. The summed E-state index contributed by atoms with van der Waals surface area (Å²) in [7, 11) is 0. The molecule has 68 valence electrons. The molecular formula is C7H12N2O2S. The van der Waals surface area contributed by atoms with Crippen molar-refractivity contribution < 1.29 is 4.92 Å². The van der Waals surface area contributed by atoms with Gasteiger partial charge in [-0.1, -0.05) is 6.92 Å². The van der Waals surface area contributed by atoms with Crippen LogP contribution in [-0.2, 0) is 0 Å². The SMILES string of the molecule is CCCN1CCSC1=C[N+](=O)[O-]. The molecule has 0 radical (unpaired) electrons. The fourth-order valence-corrected chi connectivity index (χ4v) is 2.21. The predicted octanol–water partition coefficient (Wildman–Crippen LogP) is 1.52. The van der Waals surface area contributed by atoms with Crippen LogP contribution in [0.4, 0.5) is 0 Å². The zero-order valence-corrected chi connectivity index (χ0v) is 7.84. The Kier molecular flexibility index (Phi) is 3.40. The van der Waals surface area contributed by atoms with Crippen LogP contribution in [0.3, 0.4) is 0 Å². The van der Waals surface area contributed by atoms with Gasteiger partial charge in [0.15, 0.2) is 0 Å². The summed E-state index contributed by atoms with van der Waals surface area (Å²) < 4.78 is 0. The van der Waals surface area contributed by atoms with E-state index in [1.165, 1.54) is 0 Å². The molecule has 0 aliphatic carbocycles. The van der Waals surface area contributed by atoms with Gasteiger partial charge in [-0.15, -0.1) is 11.8 Å². The number of rotatable bonds is 3. The molecule has 1 saturated heterocycles. The van der Waals surface area contributed by atoms with E-state index in [0.29, 0.717) is 0 Å². The minimum Gasteiger partial charge on any atom is -0.360 e. The molecular weight excluding hydrogens is 176 g/mol. The summed E-state index contributed by atoms with van der Waals surface area (Å²) in [6, 6.07) is 0. The van der Waals surface area contributed by atoms with Gasteiger partial charge in [-0.05, 0) is 6.42 Å². The first-order chi connectivity index (χ1) is 5.74. The molecule has 0 saturated carbocycles. The molecule has 0 aromatic carbocycles. The van der Waals surface area contributed by atoms with Crippen LogP contribution in [0, 0.1) is 10.1 Å². The Bertz CT molecular complexity index is 206. The van der Waals surface area contributed by atoms with Crippen molar-refractivity contribution in [2.75, 3.05) is 18.8 Å². The van der Waals surface area contributed by atoms with E-state index < -0.39 is 0 Å². The lowest BCUT2D eigenvalue weighted by molar-refractivity contribution is -0.403. The van der Waals surface area contributed by atoms with Crippen molar-refractivity contribution in [2.45, 2.75) is 13.3 Å². The molecule has 1 fully saturated rings. The number of nitrogens with zero attached hydrogens (tertiary/aromatic N) is 2. The van der Waals surface area contributed by atoms with Crippen LogP contribution in [-0.4, -0.2) is 28.7 Å². The van der Waals surface area contributed by atoms with Crippen molar-refractivity contribution in [1.82, 2.24) is 4.90 Å². The summed E-state index contributed by atoms with van der Waals surface area (Å²) >= 11 is 1.56. The third-order valence-electron chi connectivity index (χ3n) is 1.63. The second kappa shape index (κ2) is 4.35. The Morgan fingerprint density at radius 1 is 1.83 bits per heavy atom. The minimum absolute atomic E-state index is 0.379. The second-order valence-electron chi connectivity index (χ2n) is 2.59. The number of hydrogen-bond acceptors (Lipinski definition) is 4. The zero-order valence-electron chi connectivity index (χ0n) is 7.02. The van der Waals surface area contributed by atoms with Crippen LogP contribution in [0.1, 0.15) is 13.3 Å². The third-order valence-corrected chi connectivity index (χ3v) is 2.68. The first kappa shape index (κ1) is 9.38. The Hall–Kier alpha value is -0.710. The van der Waals surface area contributed by atoms with Crippen molar-refractivity contribution in [3.8, 4) is 0 Å².